The standard InChI is InChI=1S/C15H17ClN2O3/c1-19-12-7-6-10(16)14(11-8-13(17)21-18-11)15(12)20-9-4-2-3-5-9/h6-9H,2-5,17H2,1H3. The molecule has 0 radical (unpaired) electrons. The summed E-state index contributed by atoms with van der Waals surface area (Å²) in [6.45, 7) is 0. The highest BCUT2D eigenvalue weighted by atomic mass is 35.5. The maximum absolute atomic E-state index is 6.33. The second-order valence-electron chi connectivity index (χ2n) is 5.09. The number of nitrogens with two attached hydrogens (primary N) is 1. The second-order valence-corrected chi connectivity index (χ2v) is 5.50. The molecule has 2 N–H and O–H groups in total. The van der Waals surface area contributed by atoms with Crippen LogP contribution in [0.25, 0.3) is 11.3 Å². The van der Waals surface area contributed by atoms with Gasteiger partial charge in [0.05, 0.1) is 23.8 Å². The Balaban J connectivity index is 2.07. The second kappa shape index (κ2) is 5.85. The molecule has 2 aromatic rings. The van der Waals surface area contributed by atoms with Crippen molar-refractivity contribution in [2.75, 3.05) is 12.8 Å². The summed E-state index contributed by atoms with van der Waals surface area (Å²) in [5.41, 5.74) is 6.81. The van der Waals surface area contributed by atoms with Crippen molar-refractivity contribution in [3.63, 3.8) is 0 Å². The Morgan fingerprint density at radius 2 is 2.10 bits per heavy atom. The molecule has 0 amide bonds. The van der Waals surface area contributed by atoms with E-state index >= 15 is 0 Å². The molecule has 1 aromatic heterocycles. The molecule has 0 aliphatic heterocycles. The van der Waals surface area contributed by atoms with Crippen molar-refractivity contribution in [1.82, 2.24) is 5.16 Å². The molecular formula is C15H17ClN2O3. The lowest BCUT2D eigenvalue weighted by atomic mass is 10.1. The Bertz CT molecular complexity index is 636. The lowest BCUT2D eigenvalue weighted by molar-refractivity contribution is 0.201. The molecule has 1 heterocycles. The third-order valence-corrected chi connectivity index (χ3v) is 3.98. The summed E-state index contributed by atoms with van der Waals surface area (Å²) < 4.78 is 16.5. The maximum atomic E-state index is 6.33. The number of nitrogens with zero attached hydrogens (tertiary/aromatic N) is 1. The molecule has 21 heavy (non-hydrogen) atoms. The van der Waals surface area contributed by atoms with E-state index in [0.717, 1.165) is 12.8 Å². The fourth-order valence-electron chi connectivity index (χ4n) is 2.64. The molecule has 3 rings (SSSR count). The number of benzene rings is 1. The van der Waals surface area contributed by atoms with Crippen LogP contribution < -0.4 is 15.2 Å². The first-order valence-electron chi connectivity index (χ1n) is 6.94. The number of anilines is 1. The zero-order chi connectivity index (χ0) is 14.8. The van der Waals surface area contributed by atoms with Crippen LogP contribution in [0.2, 0.25) is 5.02 Å². The first kappa shape index (κ1) is 14.1. The summed E-state index contributed by atoms with van der Waals surface area (Å²) >= 11 is 6.33. The van der Waals surface area contributed by atoms with Gasteiger partial charge in [-0.05, 0) is 37.8 Å². The van der Waals surface area contributed by atoms with E-state index in [1.54, 1.807) is 25.3 Å². The van der Waals surface area contributed by atoms with E-state index in [9.17, 15) is 0 Å². The van der Waals surface area contributed by atoms with Gasteiger partial charge in [0.1, 0.15) is 5.69 Å². The number of aromatic nitrogens is 1. The van der Waals surface area contributed by atoms with Crippen LogP contribution in [0.1, 0.15) is 25.7 Å². The van der Waals surface area contributed by atoms with E-state index < -0.39 is 0 Å². The minimum Gasteiger partial charge on any atom is -0.493 e. The summed E-state index contributed by atoms with van der Waals surface area (Å²) in [4.78, 5) is 0. The van der Waals surface area contributed by atoms with Crippen LogP contribution in [0.4, 0.5) is 5.88 Å². The lowest BCUT2D eigenvalue weighted by Gasteiger charge is -2.19. The zero-order valence-electron chi connectivity index (χ0n) is 11.8. The van der Waals surface area contributed by atoms with Crippen LogP contribution in [-0.4, -0.2) is 18.4 Å². The predicted molar refractivity (Wildman–Crippen MR) is 80.8 cm³/mol. The number of hydrogen-bond acceptors (Lipinski definition) is 5. The number of methoxy groups -OCH3 is 1. The maximum Gasteiger partial charge on any atom is 0.222 e. The number of ether oxygens (including phenoxy) is 2. The molecule has 1 fully saturated rings. The van der Waals surface area contributed by atoms with E-state index in [0.29, 0.717) is 27.8 Å². The summed E-state index contributed by atoms with van der Waals surface area (Å²) in [5, 5.41) is 4.46. The normalized spacial score (nSPS) is 15.3. The molecule has 1 aliphatic rings. The molecule has 0 bridgehead atoms. The van der Waals surface area contributed by atoms with Crippen molar-refractivity contribution in [1.29, 1.82) is 0 Å². The van der Waals surface area contributed by atoms with Crippen molar-refractivity contribution >= 4 is 17.5 Å². The Labute approximate surface area is 128 Å². The summed E-state index contributed by atoms with van der Waals surface area (Å²) in [6, 6.07) is 5.17. The van der Waals surface area contributed by atoms with Gasteiger partial charge in [-0.25, -0.2) is 0 Å². The van der Waals surface area contributed by atoms with Crippen LogP contribution in [0.15, 0.2) is 22.7 Å². The number of halogens is 1. The van der Waals surface area contributed by atoms with Crippen LogP contribution in [-0.2, 0) is 0 Å². The molecule has 0 unspecified atom stereocenters. The van der Waals surface area contributed by atoms with E-state index in [1.165, 1.54) is 12.8 Å². The van der Waals surface area contributed by atoms with Crippen LogP contribution in [0, 0.1) is 0 Å². The Hall–Kier alpha value is -1.88. The zero-order valence-corrected chi connectivity index (χ0v) is 12.5. The highest BCUT2D eigenvalue weighted by Gasteiger charge is 2.24. The molecule has 0 atom stereocenters. The molecule has 112 valence electrons. The Morgan fingerprint density at radius 1 is 1.33 bits per heavy atom. The van der Waals surface area contributed by atoms with Gasteiger partial charge in [-0.1, -0.05) is 16.8 Å². The van der Waals surface area contributed by atoms with E-state index in [1.807, 2.05) is 0 Å². The minimum absolute atomic E-state index is 0.181. The molecule has 0 saturated heterocycles. The number of rotatable bonds is 4. The van der Waals surface area contributed by atoms with Gasteiger partial charge in [0, 0.05) is 6.07 Å². The summed E-state index contributed by atoms with van der Waals surface area (Å²) in [5.74, 6) is 1.46. The third-order valence-electron chi connectivity index (χ3n) is 3.66. The Morgan fingerprint density at radius 3 is 2.71 bits per heavy atom. The van der Waals surface area contributed by atoms with E-state index in [4.69, 9.17) is 31.3 Å². The van der Waals surface area contributed by atoms with Crippen LogP contribution in [0.3, 0.4) is 0 Å². The first-order valence-corrected chi connectivity index (χ1v) is 7.32. The first-order chi connectivity index (χ1) is 10.2. The molecule has 0 spiro atoms. The average molecular weight is 309 g/mol. The van der Waals surface area contributed by atoms with Crippen molar-refractivity contribution in [2.24, 2.45) is 0 Å². The minimum atomic E-state index is 0.181. The van der Waals surface area contributed by atoms with Gasteiger partial charge in [-0.2, -0.15) is 0 Å². The quantitative estimate of drug-likeness (QED) is 0.927. The highest BCUT2D eigenvalue weighted by molar-refractivity contribution is 6.33. The Kier molecular flexibility index (Phi) is 3.92. The molecule has 1 aromatic carbocycles. The van der Waals surface area contributed by atoms with Gasteiger partial charge < -0.3 is 19.7 Å². The fraction of sp³-hybridized carbons (Fsp3) is 0.400. The van der Waals surface area contributed by atoms with Crippen molar-refractivity contribution < 1.29 is 14.0 Å². The van der Waals surface area contributed by atoms with Gasteiger partial charge in [-0.3, -0.25) is 0 Å². The van der Waals surface area contributed by atoms with Gasteiger partial charge >= 0.3 is 0 Å². The lowest BCUT2D eigenvalue weighted by Crippen LogP contribution is -2.12. The van der Waals surface area contributed by atoms with Gasteiger partial charge in [0.2, 0.25) is 5.88 Å². The monoisotopic (exact) mass is 308 g/mol. The average Bonchev–Trinajstić information content (AvgIpc) is 3.11. The largest absolute Gasteiger partial charge is 0.493 e. The third kappa shape index (κ3) is 2.78. The van der Waals surface area contributed by atoms with Gasteiger partial charge in [0.15, 0.2) is 11.5 Å². The fourth-order valence-corrected chi connectivity index (χ4v) is 2.88. The van der Waals surface area contributed by atoms with E-state index in [-0.39, 0.29) is 12.0 Å². The SMILES string of the molecule is COc1ccc(Cl)c(-c2cc(N)on2)c1OC1CCCC1. The molecule has 1 aliphatic carbocycles. The van der Waals surface area contributed by atoms with Gasteiger partial charge in [-0.15, -0.1) is 0 Å². The van der Waals surface area contributed by atoms with Crippen molar-refractivity contribution in [2.45, 2.75) is 31.8 Å². The van der Waals surface area contributed by atoms with Crippen molar-refractivity contribution in [3.8, 4) is 22.8 Å². The summed E-state index contributed by atoms with van der Waals surface area (Å²) in [7, 11) is 1.60. The topological polar surface area (TPSA) is 70.5 Å². The summed E-state index contributed by atoms with van der Waals surface area (Å²) in [6.07, 6.45) is 4.62. The molecular weight excluding hydrogens is 292 g/mol. The van der Waals surface area contributed by atoms with Crippen LogP contribution in [0.5, 0.6) is 11.5 Å². The molecule has 5 nitrogen and oxygen atoms in total. The number of nitrogen functional groups attached to an aromatic ring is 1. The van der Waals surface area contributed by atoms with Crippen LogP contribution >= 0.6 is 11.6 Å². The molecule has 6 heteroatoms. The highest BCUT2D eigenvalue weighted by Crippen LogP contribution is 2.44. The predicted octanol–water partition coefficient (Wildman–Crippen LogP) is 3.91. The number of hydrogen-bond donors (Lipinski definition) is 1. The van der Waals surface area contributed by atoms with E-state index in [2.05, 4.69) is 5.16 Å². The molecule has 1 saturated carbocycles. The van der Waals surface area contributed by atoms with Gasteiger partial charge in [0.25, 0.3) is 0 Å². The smallest absolute Gasteiger partial charge is 0.222 e. The van der Waals surface area contributed by atoms with Crippen molar-refractivity contribution in [3.05, 3.63) is 23.2 Å².